The number of carboxylic acid groups (broad SMARTS) is 2. The monoisotopic (exact) mass is 706 g/mol. The van der Waals surface area contributed by atoms with Crippen molar-refractivity contribution in [2.45, 2.75) is 70.1 Å². The third-order valence-corrected chi connectivity index (χ3v) is 7.50. The smallest absolute Gasteiger partial charge is 0.336 e. The fourth-order valence-electron chi connectivity index (χ4n) is 4.52. The SMILES string of the molecule is CSCC[C@H](NC(=O)[C@H](CC(=O)O)NC(C)=O)C(=O)N[C@@H](CCC(N)=O)C(=O)N[C@@H](CC(=O)O)C(=O)Nc1ccc2c(C)cc(=O)oc2c1. The van der Waals surface area contributed by atoms with Crippen molar-refractivity contribution in [1.82, 2.24) is 21.3 Å². The van der Waals surface area contributed by atoms with E-state index < -0.39 is 96.4 Å². The van der Waals surface area contributed by atoms with Crippen LogP contribution in [0.5, 0.6) is 0 Å². The molecule has 266 valence electrons. The van der Waals surface area contributed by atoms with E-state index in [4.69, 9.17) is 15.3 Å². The molecule has 0 radical (unpaired) electrons. The molecule has 0 fully saturated rings. The molecule has 0 saturated heterocycles. The molecule has 49 heavy (non-hydrogen) atoms. The van der Waals surface area contributed by atoms with E-state index in [1.165, 1.54) is 30.0 Å². The Morgan fingerprint density at radius 2 is 1.33 bits per heavy atom. The molecule has 18 nitrogen and oxygen atoms in total. The van der Waals surface area contributed by atoms with Crippen molar-refractivity contribution in [1.29, 1.82) is 0 Å². The maximum absolute atomic E-state index is 13.4. The largest absolute Gasteiger partial charge is 0.481 e. The molecular weight excluding hydrogens is 668 g/mol. The number of thioether (sulfide) groups is 1. The molecule has 0 aliphatic rings. The number of hydrogen-bond donors (Lipinski definition) is 8. The molecule has 0 unspecified atom stereocenters. The first kappa shape index (κ1) is 39.7. The lowest BCUT2D eigenvalue weighted by molar-refractivity contribution is -0.141. The van der Waals surface area contributed by atoms with Gasteiger partial charge >= 0.3 is 17.6 Å². The molecule has 0 aliphatic carbocycles. The molecular formula is C30H38N6O12S. The average molecular weight is 707 g/mol. The zero-order valence-electron chi connectivity index (χ0n) is 26.8. The van der Waals surface area contributed by atoms with Crippen LogP contribution in [-0.4, -0.2) is 93.8 Å². The predicted molar refractivity (Wildman–Crippen MR) is 175 cm³/mol. The molecule has 6 amide bonds. The molecule has 0 spiro atoms. The third kappa shape index (κ3) is 13.3. The number of carboxylic acids is 2. The van der Waals surface area contributed by atoms with E-state index >= 15 is 0 Å². The van der Waals surface area contributed by atoms with Gasteiger partial charge in [-0.05, 0) is 49.5 Å². The van der Waals surface area contributed by atoms with Crippen LogP contribution < -0.4 is 37.9 Å². The van der Waals surface area contributed by atoms with E-state index in [9.17, 15) is 48.3 Å². The second kappa shape index (κ2) is 18.8. The summed E-state index contributed by atoms with van der Waals surface area (Å²) in [5.41, 5.74) is 5.49. The maximum atomic E-state index is 13.4. The molecule has 0 bridgehead atoms. The molecule has 1 heterocycles. The summed E-state index contributed by atoms with van der Waals surface area (Å²) < 4.78 is 5.16. The number of amides is 6. The van der Waals surface area contributed by atoms with Gasteiger partial charge in [-0.15, -0.1) is 0 Å². The Bertz CT molecular complexity index is 1650. The minimum Gasteiger partial charge on any atom is -0.481 e. The van der Waals surface area contributed by atoms with Gasteiger partial charge in [0.2, 0.25) is 35.4 Å². The number of nitrogens with two attached hydrogens (primary N) is 1. The van der Waals surface area contributed by atoms with Gasteiger partial charge in [0.15, 0.2) is 0 Å². The van der Waals surface area contributed by atoms with Crippen LogP contribution in [0.15, 0.2) is 33.5 Å². The molecule has 19 heteroatoms. The van der Waals surface area contributed by atoms with Crippen molar-refractivity contribution >= 4 is 75.8 Å². The van der Waals surface area contributed by atoms with Gasteiger partial charge in [-0.2, -0.15) is 11.8 Å². The van der Waals surface area contributed by atoms with Crippen molar-refractivity contribution in [2.24, 2.45) is 5.73 Å². The van der Waals surface area contributed by atoms with Crippen LogP contribution in [0, 0.1) is 6.92 Å². The zero-order chi connectivity index (χ0) is 36.8. The molecule has 1 aromatic heterocycles. The summed E-state index contributed by atoms with van der Waals surface area (Å²) in [5.74, 6) is -8.04. The number of aryl methyl sites for hydroxylation is 1. The summed E-state index contributed by atoms with van der Waals surface area (Å²) in [4.78, 5) is 111. The Morgan fingerprint density at radius 3 is 1.86 bits per heavy atom. The number of hydrogen-bond acceptors (Lipinski definition) is 11. The highest BCUT2D eigenvalue weighted by atomic mass is 32.2. The highest BCUT2D eigenvalue weighted by molar-refractivity contribution is 7.98. The van der Waals surface area contributed by atoms with Crippen molar-refractivity contribution in [3.8, 4) is 0 Å². The van der Waals surface area contributed by atoms with Crippen LogP contribution in [-0.2, 0) is 38.4 Å². The second-order valence-electron chi connectivity index (χ2n) is 10.9. The fourth-order valence-corrected chi connectivity index (χ4v) is 4.99. The number of aliphatic carboxylic acids is 2. The molecule has 0 saturated carbocycles. The lowest BCUT2D eigenvalue weighted by atomic mass is 10.1. The van der Waals surface area contributed by atoms with E-state index in [1.807, 2.05) is 0 Å². The summed E-state index contributed by atoms with van der Waals surface area (Å²) >= 11 is 1.31. The topological polar surface area (TPSA) is 293 Å². The molecule has 1 aromatic carbocycles. The van der Waals surface area contributed by atoms with Gasteiger partial charge in [0, 0.05) is 36.6 Å². The summed E-state index contributed by atoms with van der Waals surface area (Å²) in [6, 6.07) is -0.454. The Kier molecular flexibility index (Phi) is 15.2. The van der Waals surface area contributed by atoms with Crippen molar-refractivity contribution in [3.05, 3.63) is 40.2 Å². The minimum absolute atomic E-state index is 0.00177. The zero-order valence-corrected chi connectivity index (χ0v) is 27.6. The van der Waals surface area contributed by atoms with Crippen LogP contribution in [0.1, 0.15) is 44.6 Å². The summed E-state index contributed by atoms with van der Waals surface area (Å²) in [5, 5.41) is 30.8. The molecule has 2 rings (SSSR count). The van der Waals surface area contributed by atoms with Gasteiger partial charge in [0.05, 0.1) is 12.8 Å². The lowest BCUT2D eigenvalue weighted by Crippen LogP contribution is -2.58. The van der Waals surface area contributed by atoms with E-state index in [-0.39, 0.29) is 24.1 Å². The average Bonchev–Trinajstić information content (AvgIpc) is 2.99. The van der Waals surface area contributed by atoms with Gasteiger partial charge in [-0.1, -0.05) is 0 Å². The van der Waals surface area contributed by atoms with Crippen molar-refractivity contribution in [2.75, 3.05) is 17.3 Å². The van der Waals surface area contributed by atoms with Crippen molar-refractivity contribution in [3.63, 3.8) is 0 Å². The Labute approximate surface area is 283 Å². The minimum atomic E-state index is -1.69. The van der Waals surface area contributed by atoms with Gasteiger partial charge in [-0.3, -0.25) is 38.4 Å². The molecule has 9 N–H and O–H groups in total. The van der Waals surface area contributed by atoms with Crippen LogP contribution in [0.3, 0.4) is 0 Å². The van der Waals surface area contributed by atoms with E-state index in [0.29, 0.717) is 16.7 Å². The number of primary amides is 1. The van der Waals surface area contributed by atoms with Gasteiger partial charge in [-0.25, -0.2) is 4.79 Å². The molecule has 4 atom stereocenters. The summed E-state index contributed by atoms with van der Waals surface area (Å²) in [6.07, 6.45) is -0.761. The Morgan fingerprint density at radius 1 is 0.796 bits per heavy atom. The molecule has 2 aromatic rings. The number of carbonyl (C=O) groups excluding carboxylic acids is 6. The Hall–Kier alpha value is -5.46. The van der Waals surface area contributed by atoms with Gasteiger partial charge < -0.3 is 46.9 Å². The maximum Gasteiger partial charge on any atom is 0.336 e. The first-order valence-electron chi connectivity index (χ1n) is 14.7. The number of carbonyl (C=O) groups is 8. The number of rotatable bonds is 19. The predicted octanol–water partition coefficient (Wildman–Crippen LogP) is -1.03. The van der Waals surface area contributed by atoms with Gasteiger partial charge in [0.1, 0.15) is 29.8 Å². The van der Waals surface area contributed by atoms with Crippen LogP contribution >= 0.6 is 11.8 Å². The first-order valence-corrected chi connectivity index (χ1v) is 16.1. The van der Waals surface area contributed by atoms with E-state index in [0.717, 1.165) is 6.92 Å². The number of nitrogens with one attached hydrogen (secondary N) is 5. The highest BCUT2D eigenvalue weighted by Gasteiger charge is 2.32. The second-order valence-corrected chi connectivity index (χ2v) is 11.9. The van der Waals surface area contributed by atoms with Crippen LogP contribution in [0.2, 0.25) is 0 Å². The van der Waals surface area contributed by atoms with Crippen LogP contribution in [0.25, 0.3) is 11.0 Å². The quantitative estimate of drug-likeness (QED) is 0.0812. The standard InChI is InChI=1S/C30H38N6O12S/c1-14-10-26(43)48-22-11-16(4-5-17(14)22)33-29(46)21(13-25(41)42)36-27(44)18(6-7-23(31)38)34-28(45)19(8-9-49-3)35-30(47)20(12-24(39)40)32-15(2)37/h4-5,10-11,18-21H,6-9,12-13H2,1-3H3,(H2,31,38)(H,32,37)(H,33,46)(H,34,45)(H,35,47)(H,36,44)(H,39,40)(H,41,42)/t18-,19-,20-,21-/m0/s1. The summed E-state index contributed by atoms with van der Waals surface area (Å²) in [6.45, 7) is 2.76. The van der Waals surface area contributed by atoms with Crippen molar-refractivity contribution < 1.29 is 53.0 Å². The third-order valence-electron chi connectivity index (χ3n) is 6.86. The van der Waals surface area contributed by atoms with Crippen LogP contribution in [0.4, 0.5) is 5.69 Å². The van der Waals surface area contributed by atoms with Gasteiger partial charge in [0.25, 0.3) is 0 Å². The highest BCUT2D eigenvalue weighted by Crippen LogP contribution is 2.21. The number of fused-ring (bicyclic) bond motifs is 1. The first-order chi connectivity index (χ1) is 23.0. The molecule has 0 aliphatic heterocycles. The van der Waals surface area contributed by atoms with E-state index in [1.54, 1.807) is 19.2 Å². The fraction of sp³-hybridized carbons (Fsp3) is 0.433. The number of benzene rings is 1. The lowest BCUT2D eigenvalue weighted by Gasteiger charge is -2.26. The Balaban J connectivity index is 2.30. The summed E-state index contributed by atoms with van der Waals surface area (Å²) in [7, 11) is 0. The van der Waals surface area contributed by atoms with E-state index in [2.05, 4.69) is 26.6 Å². The normalized spacial score (nSPS) is 13.2. The number of anilines is 1.